The van der Waals surface area contributed by atoms with Crippen LogP contribution >= 0.6 is 22.7 Å². The molecule has 5 nitrogen and oxygen atoms in total. The largest absolute Gasteiger partial charge is 0.361 e. The monoisotopic (exact) mass is 343 g/mol. The van der Waals surface area contributed by atoms with Crippen molar-refractivity contribution >= 4 is 32.9 Å². The van der Waals surface area contributed by atoms with Gasteiger partial charge in [-0.2, -0.15) is 0 Å². The number of aromatic nitrogens is 3. The minimum Gasteiger partial charge on any atom is -0.361 e. The fourth-order valence-electron chi connectivity index (χ4n) is 2.51. The van der Waals surface area contributed by atoms with Crippen molar-refractivity contribution in [3.8, 4) is 10.4 Å². The highest BCUT2D eigenvalue weighted by Crippen LogP contribution is 2.34. The van der Waals surface area contributed by atoms with Gasteiger partial charge >= 0.3 is 0 Å². The Morgan fingerprint density at radius 2 is 2.17 bits per heavy atom. The zero-order valence-electron chi connectivity index (χ0n) is 12.6. The SMILES string of the molecule is Cc1cc(Cn2cnc3scc(-c4ccc(C)s4)c3c2=O)no1. The molecule has 23 heavy (non-hydrogen) atoms. The summed E-state index contributed by atoms with van der Waals surface area (Å²) in [7, 11) is 0. The normalized spacial score (nSPS) is 11.4. The van der Waals surface area contributed by atoms with Gasteiger partial charge in [-0.3, -0.25) is 9.36 Å². The Morgan fingerprint density at radius 1 is 1.30 bits per heavy atom. The highest BCUT2D eigenvalue weighted by molar-refractivity contribution is 7.19. The van der Waals surface area contributed by atoms with Crippen LogP contribution in [0.5, 0.6) is 0 Å². The Hall–Kier alpha value is -2.25. The van der Waals surface area contributed by atoms with Crippen LogP contribution in [-0.4, -0.2) is 14.7 Å². The van der Waals surface area contributed by atoms with E-state index in [9.17, 15) is 4.79 Å². The predicted octanol–water partition coefficient (Wildman–Crippen LogP) is 3.84. The number of aryl methyl sites for hydroxylation is 2. The maximum absolute atomic E-state index is 12.9. The van der Waals surface area contributed by atoms with Crippen LogP contribution < -0.4 is 5.56 Å². The van der Waals surface area contributed by atoms with Crippen molar-refractivity contribution in [3.63, 3.8) is 0 Å². The number of nitrogens with zero attached hydrogens (tertiary/aromatic N) is 3. The van der Waals surface area contributed by atoms with Gasteiger partial charge in [0.05, 0.1) is 18.3 Å². The van der Waals surface area contributed by atoms with Crippen LogP contribution in [0.25, 0.3) is 20.7 Å². The minimum absolute atomic E-state index is 0.0436. The molecule has 4 aromatic rings. The summed E-state index contributed by atoms with van der Waals surface area (Å²) in [5, 5.41) is 6.63. The highest BCUT2D eigenvalue weighted by atomic mass is 32.1. The van der Waals surface area contributed by atoms with Gasteiger partial charge < -0.3 is 4.52 Å². The van der Waals surface area contributed by atoms with Gasteiger partial charge in [-0.15, -0.1) is 22.7 Å². The van der Waals surface area contributed by atoms with Crippen molar-refractivity contribution in [2.45, 2.75) is 20.4 Å². The Labute approximate surface area is 139 Å². The van der Waals surface area contributed by atoms with E-state index in [2.05, 4.69) is 29.2 Å². The third kappa shape index (κ3) is 2.51. The number of fused-ring (bicyclic) bond motifs is 1. The van der Waals surface area contributed by atoms with E-state index in [1.807, 2.05) is 18.4 Å². The predicted molar refractivity (Wildman–Crippen MR) is 92.3 cm³/mol. The fraction of sp³-hybridized carbons (Fsp3) is 0.188. The summed E-state index contributed by atoms with van der Waals surface area (Å²) in [6.07, 6.45) is 1.58. The second kappa shape index (κ2) is 5.43. The third-order valence-electron chi connectivity index (χ3n) is 3.58. The quantitative estimate of drug-likeness (QED) is 0.567. The number of hydrogen-bond donors (Lipinski definition) is 0. The number of thiophene rings is 2. The lowest BCUT2D eigenvalue weighted by Crippen LogP contribution is -2.21. The van der Waals surface area contributed by atoms with E-state index in [0.717, 1.165) is 26.7 Å². The van der Waals surface area contributed by atoms with Gasteiger partial charge in [-0.05, 0) is 26.0 Å². The van der Waals surface area contributed by atoms with Gasteiger partial charge in [0.2, 0.25) is 0 Å². The molecule has 0 N–H and O–H groups in total. The summed E-state index contributed by atoms with van der Waals surface area (Å²) in [4.78, 5) is 20.4. The molecule has 0 spiro atoms. The Bertz CT molecular complexity index is 1050. The minimum atomic E-state index is -0.0436. The lowest BCUT2D eigenvalue weighted by molar-refractivity contribution is 0.388. The van der Waals surface area contributed by atoms with Gasteiger partial charge in [0.1, 0.15) is 16.3 Å². The molecule has 0 aromatic carbocycles. The number of hydrogen-bond acceptors (Lipinski definition) is 6. The van der Waals surface area contributed by atoms with Gasteiger partial charge in [-0.25, -0.2) is 4.98 Å². The lowest BCUT2D eigenvalue weighted by atomic mass is 10.2. The van der Waals surface area contributed by atoms with Gasteiger partial charge in [0.25, 0.3) is 5.56 Å². The summed E-state index contributed by atoms with van der Waals surface area (Å²) in [6.45, 7) is 4.25. The molecule has 4 rings (SSSR count). The van der Waals surface area contributed by atoms with Crippen molar-refractivity contribution in [1.82, 2.24) is 14.7 Å². The molecular weight excluding hydrogens is 330 g/mol. The number of rotatable bonds is 3. The van der Waals surface area contributed by atoms with Crippen molar-refractivity contribution in [1.29, 1.82) is 0 Å². The summed E-state index contributed by atoms with van der Waals surface area (Å²) >= 11 is 3.18. The molecule has 7 heteroatoms. The molecule has 0 saturated carbocycles. The summed E-state index contributed by atoms with van der Waals surface area (Å²) in [6, 6.07) is 5.95. The molecule has 0 radical (unpaired) electrons. The first-order chi connectivity index (χ1) is 11.1. The van der Waals surface area contributed by atoms with Crippen molar-refractivity contribution in [2.75, 3.05) is 0 Å². The van der Waals surface area contributed by atoms with E-state index in [4.69, 9.17) is 4.52 Å². The van der Waals surface area contributed by atoms with Crippen LogP contribution in [0.1, 0.15) is 16.3 Å². The zero-order chi connectivity index (χ0) is 16.0. The lowest BCUT2D eigenvalue weighted by Gasteiger charge is -2.03. The van der Waals surface area contributed by atoms with Crippen LogP contribution in [0.2, 0.25) is 0 Å². The molecule has 0 saturated heterocycles. The average molecular weight is 343 g/mol. The third-order valence-corrected chi connectivity index (χ3v) is 5.50. The van der Waals surface area contributed by atoms with Crippen molar-refractivity contribution < 1.29 is 4.52 Å². The van der Waals surface area contributed by atoms with Crippen molar-refractivity contribution in [2.24, 2.45) is 0 Å². The van der Waals surface area contributed by atoms with E-state index in [0.29, 0.717) is 11.9 Å². The molecule has 4 aromatic heterocycles. The highest BCUT2D eigenvalue weighted by Gasteiger charge is 2.15. The molecule has 0 aliphatic carbocycles. The smallest absolute Gasteiger partial charge is 0.263 e. The van der Waals surface area contributed by atoms with E-state index in [1.165, 1.54) is 16.2 Å². The molecular formula is C16H13N3O2S2. The first-order valence-electron chi connectivity index (χ1n) is 7.07. The molecule has 0 atom stereocenters. The van der Waals surface area contributed by atoms with Crippen LogP contribution in [-0.2, 0) is 6.54 Å². The van der Waals surface area contributed by atoms with Crippen molar-refractivity contribution in [3.05, 3.63) is 56.6 Å². The molecule has 116 valence electrons. The van der Waals surface area contributed by atoms with Gasteiger partial charge in [0.15, 0.2) is 0 Å². The molecule has 0 fully saturated rings. The summed E-state index contributed by atoms with van der Waals surface area (Å²) < 4.78 is 6.64. The van der Waals surface area contributed by atoms with E-state index >= 15 is 0 Å². The summed E-state index contributed by atoms with van der Waals surface area (Å²) in [5.41, 5.74) is 1.64. The van der Waals surface area contributed by atoms with Gasteiger partial charge in [0, 0.05) is 26.8 Å². The zero-order valence-corrected chi connectivity index (χ0v) is 14.2. The second-order valence-corrected chi connectivity index (χ2v) is 7.49. The average Bonchev–Trinajstić information content (AvgIpc) is 3.22. The molecule has 0 bridgehead atoms. The van der Waals surface area contributed by atoms with Crippen LogP contribution in [0.4, 0.5) is 0 Å². The van der Waals surface area contributed by atoms with E-state index in [-0.39, 0.29) is 5.56 Å². The fourth-order valence-corrected chi connectivity index (χ4v) is 4.37. The van der Waals surface area contributed by atoms with Crippen LogP contribution in [0, 0.1) is 13.8 Å². The van der Waals surface area contributed by atoms with E-state index in [1.54, 1.807) is 22.2 Å². The molecule has 4 heterocycles. The Kier molecular flexibility index (Phi) is 3.39. The van der Waals surface area contributed by atoms with Gasteiger partial charge in [-0.1, -0.05) is 5.16 Å². The topological polar surface area (TPSA) is 60.9 Å². The summed E-state index contributed by atoms with van der Waals surface area (Å²) in [5.74, 6) is 0.729. The Morgan fingerprint density at radius 3 is 2.87 bits per heavy atom. The van der Waals surface area contributed by atoms with Crippen LogP contribution in [0.3, 0.4) is 0 Å². The first-order valence-corrected chi connectivity index (χ1v) is 8.77. The maximum atomic E-state index is 12.9. The maximum Gasteiger partial charge on any atom is 0.263 e. The molecule has 0 aliphatic heterocycles. The van der Waals surface area contributed by atoms with Crippen LogP contribution in [0.15, 0.2) is 39.2 Å². The van der Waals surface area contributed by atoms with E-state index < -0.39 is 0 Å². The molecule has 0 amide bonds. The molecule has 0 aliphatic rings. The Balaban J connectivity index is 1.85. The molecule has 0 unspecified atom stereocenters. The first kappa shape index (κ1) is 14.3. The second-order valence-electron chi connectivity index (χ2n) is 5.35. The standard InChI is InChI=1S/C16H13N3O2S2/c1-9-5-11(18-21-9)6-19-8-17-15-14(16(19)20)12(7-22-15)13-4-3-10(2)23-13/h3-5,7-8H,6H2,1-2H3.